The van der Waals surface area contributed by atoms with E-state index >= 15 is 0 Å². The van der Waals surface area contributed by atoms with E-state index in [1.54, 1.807) is 52.0 Å². The van der Waals surface area contributed by atoms with Crippen molar-refractivity contribution in [2.45, 2.75) is 147 Å². The van der Waals surface area contributed by atoms with E-state index in [0.717, 1.165) is 16.0 Å². The summed E-state index contributed by atoms with van der Waals surface area (Å²) in [5, 5.41) is 38.6. The first-order valence-corrected chi connectivity index (χ1v) is 29.7. The van der Waals surface area contributed by atoms with Crippen molar-refractivity contribution in [3.05, 3.63) is 87.5 Å². The lowest BCUT2D eigenvalue weighted by molar-refractivity contribution is -0.158. The average Bonchev–Trinajstić information content (AvgIpc) is 1.81. The number of nitrogens with two attached hydrogens (primary N) is 1. The summed E-state index contributed by atoms with van der Waals surface area (Å²) in [7, 11) is 5.72. The van der Waals surface area contributed by atoms with Gasteiger partial charge >= 0.3 is 18.1 Å². The number of nitrogens with one attached hydrogen (secondary N) is 6. The topological polar surface area (TPSA) is 334 Å². The molecule has 0 spiro atoms. The number of alkyl carbamates (subject to hydrolysis) is 1. The van der Waals surface area contributed by atoms with Crippen molar-refractivity contribution >= 4 is 99.5 Å². The Hall–Kier alpha value is -7.07. The number of primary amides is 1. The van der Waals surface area contributed by atoms with Crippen molar-refractivity contribution in [1.29, 1.82) is 0 Å². The molecular weight excluding hydrogens is 1190 g/mol. The molecule has 10 N–H and O–H groups in total. The molecule has 2 saturated heterocycles. The molecule has 1 unspecified atom stereocenters. The number of carbonyl (C=O) groups excluding carboxylic acids is 8. The molecule has 4 bridgehead atoms. The molecule has 25 nitrogen and oxygen atoms in total. The Morgan fingerprint density at radius 1 is 1.00 bits per heavy atom. The molecular formula is C59H80Cl2N10O15S. The van der Waals surface area contributed by atoms with Gasteiger partial charge in [-0.05, 0) is 113 Å². The number of rotatable bonds is 21. The standard InChI is InChI=1S/C59H80Cl2N10O15S/c1-31(2)49(67-56(87)64-22-11-12-24-71-45(72)20-21-46(71)73)52(76)66-39(16-14-23-63-55(62)79)51(75)65-36-18-19-37(38(60)28-36)53(77)69(7)34(5)54(78)85-44-29-47(74)70(8)40-26-35(27-41(82-9)48(40)61)25-32(3)15-13-17-43(83-10)59(81)30-42(84-57(80)68-59)33(4)50-58(44,6)86-50/h13,15,17-21,26-28,31,33-34,39,42-45,49-50,72,81H,11-12,14,16,22-25,29-30H2,1-10H3,(H,65,75)(H,66,76)(H,68,80)(H3,62,63,79)(H2,64,67,87)/b17-13+,32-15+/t33-,34+,39+,42+,43-,44+,45?,49+,50+,58+,59+/m1/s1. The number of amides is 8. The summed E-state index contributed by atoms with van der Waals surface area (Å²) in [4.78, 5) is 111. The molecule has 4 heterocycles. The van der Waals surface area contributed by atoms with Crippen molar-refractivity contribution in [3.8, 4) is 5.75 Å². The second-order valence-electron chi connectivity index (χ2n) is 22.6. The summed E-state index contributed by atoms with van der Waals surface area (Å²) in [6, 6.07) is 3.42. The van der Waals surface area contributed by atoms with Crippen molar-refractivity contribution < 1.29 is 72.3 Å². The summed E-state index contributed by atoms with van der Waals surface area (Å²) in [5.74, 6) is -4.34. The van der Waals surface area contributed by atoms with Gasteiger partial charge in [-0.2, -0.15) is 0 Å². The second-order valence-corrected chi connectivity index (χ2v) is 23.8. The normalized spacial score (nSPS) is 25.7. The molecule has 87 heavy (non-hydrogen) atoms. The molecule has 0 radical (unpaired) electrons. The first-order chi connectivity index (χ1) is 41.0. The minimum absolute atomic E-state index is 0.0509. The third-order valence-corrected chi connectivity index (χ3v) is 16.8. The van der Waals surface area contributed by atoms with Crippen LogP contribution < -0.4 is 47.3 Å². The van der Waals surface area contributed by atoms with Crippen LogP contribution in [0.25, 0.3) is 0 Å². The van der Waals surface area contributed by atoms with Gasteiger partial charge in [0.2, 0.25) is 23.6 Å². The fraction of sp³-hybridized carbons (Fsp3) is 0.542. The molecule has 28 heteroatoms. The lowest BCUT2D eigenvalue weighted by Crippen LogP contribution is -2.63. The van der Waals surface area contributed by atoms with Crippen LogP contribution >= 0.6 is 35.4 Å². The molecule has 0 aromatic heterocycles. The maximum atomic E-state index is 14.5. The van der Waals surface area contributed by atoms with Gasteiger partial charge in [0.1, 0.15) is 59.0 Å². The maximum Gasteiger partial charge on any atom is 0.409 e. The highest BCUT2D eigenvalue weighted by molar-refractivity contribution is 7.80. The molecule has 2 aromatic rings. The number of unbranched alkanes of at least 4 members (excludes halogenated alkanes) is 1. The predicted octanol–water partition coefficient (Wildman–Crippen LogP) is 4.34. The number of aliphatic hydroxyl groups is 2. The fourth-order valence-electron chi connectivity index (χ4n) is 10.5. The van der Waals surface area contributed by atoms with Crippen LogP contribution in [0.15, 0.2) is 66.3 Å². The van der Waals surface area contributed by atoms with Crippen LogP contribution in [-0.2, 0) is 49.3 Å². The zero-order chi connectivity index (χ0) is 64.2. The van der Waals surface area contributed by atoms with E-state index < -0.39 is 114 Å². The van der Waals surface area contributed by atoms with Gasteiger partial charge < -0.3 is 80.9 Å². The largest absolute Gasteiger partial charge is 0.495 e. The lowest BCUT2D eigenvalue weighted by Gasteiger charge is -2.42. The first-order valence-electron chi connectivity index (χ1n) is 28.5. The molecule has 0 aliphatic carbocycles. The average molecular weight is 1270 g/mol. The van der Waals surface area contributed by atoms with Crippen LogP contribution in [0.4, 0.5) is 21.0 Å². The number of fused-ring (bicyclic) bond motifs is 5. The quantitative estimate of drug-likeness (QED) is 0.0363. The highest BCUT2D eigenvalue weighted by Gasteiger charge is 2.64. The van der Waals surface area contributed by atoms with Crippen LogP contribution in [0.5, 0.6) is 5.75 Å². The summed E-state index contributed by atoms with van der Waals surface area (Å²) in [6.45, 7) is 11.1. The molecule has 476 valence electrons. The van der Waals surface area contributed by atoms with E-state index in [2.05, 4.69) is 31.9 Å². The number of benzene rings is 2. The third-order valence-electron chi connectivity index (χ3n) is 15.9. The van der Waals surface area contributed by atoms with Gasteiger partial charge in [-0.3, -0.25) is 29.3 Å². The number of likely N-dealkylation sites (N-methyl/N-ethyl adjacent to an activating group) is 1. The van der Waals surface area contributed by atoms with E-state index in [9.17, 15) is 48.6 Å². The molecule has 8 amide bonds. The smallest absolute Gasteiger partial charge is 0.409 e. The number of nitrogens with zero attached hydrogens (tertiary/aromatic N) is 3. The number of aliphatic hydroxyl groups excluding tert-OH is 1. The maximum absolute atomic E-state index is 14.5. The van der Waals surface area contributed by atoms with E-state index in [1.165, 1.54) is 75.4 Å². The Morgan fingerprint density at radius 2 is 1.71 bits per heavy atom. The monoisotopic (exact) mass is 1270 g/mol. The number of carbonyl (C=O) groups is 8. The van der Waals surface area contributed by atoms with Gasteiger partial charge in [0, 0.05) is 64.9 Å². The van der Waals surface area contributed by atoms with Gasteiger partial charge in [0.15, 0.2) is 10.8 Å². The highest BCUT2D eigenvalue weighted by atomic mass is 35.5. The van der Waals surface area contributed by atoms with Gasteiger partial charge in [0.25, 0.3) is 5.91 Å². The van der Waals surface area contributed by atoms with Crippen LogP contribution in [0.2, 0.25) is 10.0 Å². The van der Waals surface area contributed by atoms with Crippen molar-refractivity contribution in [1.82, 2.24) is 36.4 Å². The number of allylic oxidation sites excluding steroid dienone is 3. The molecule has 6 rings (SSSR count). The van der Waals surface area contributed by atoms with E-state index in [4.69, 9.17) is 64.8 Å². The summed E-state index contributed by atoms with van der Waals surface area (Å²) in [6.07, 6.45) is 3.16. The van der Waals surface area contributed by atoms with Crippen molar-refractivity contribution in [3.63, 3.8) is 0 Å². The molecule has 0 saturated carbocycles. The van der Waals surface area contributed by atoms with E-state index in [-0.39, 0.29) is 64.0 Å². The van der Waals surface area contributed by atoms with Gasteiger partial charge in [-0.15, -0.1) is 0 Å². The number of hydrogen-bond donors (Lipinski definition) is 9. The molecule has 2 aromatic carbocycles. The van der Waals surface area contributed by atoms with Crippen LogP contribution in [0, 0.1) is 11.8 Å². The summed E-state index contributed by atoms with van der Waals surface area (Å²) < 4.78 is 29.6. The Balaban J connectivity index is 1.16. The fourth-order valence-corrected chi connectivity index (χ4v) is 11.3. The van der Waals surface area contributed by atoms with E-state index in [1.807, 2.05) is 13.0 Å². The summed E-state index contributed by atoms with van der Waals surface area (Å²) in [5.41, 5.74) is 3.95. The number of methoxy groups -OCH3 is 2. The number of epoxide rings is 1. The molecule has 11 atom stereocenters. The van der Waals surface area contributed by atoms with Crippen molar-refractivity contribution in [2.24, 2.45) is 17.6 Å². The zero-order valence-corrected chi connectivity index (χ0v) is 52.7. The SMILES string of the molecule is COc1cc2cc(c1Cl)N(C)C(=O)C[C@H](OC(=O)[C@H](C)N(C)C(=O)c1ccc(NC(=O)[C@H](CCCNC(N)=O)NC(=O)[C@@H](NC(=S)NCCCCN3C(=O)C=CC3O)C(C)C)cc1Cl)[C@]1(C)O[C@H]1[C@H](C)[C@@H]1C[C@@](O)(NC(=O)O1)[C@H](OC)/C=C/C=C(\C)C2. The molecule has 2 fully saturated rings. The minimum Gasteiger partial charge on any atom is -0.495 e. The first kappa shape index (κ1) is 69.0. The lowest BCUT2D eigenvalue weighted by atomic mass is 9.83. The number of hydrogen-bond acceptors (Lipinski definition) is 16. The number of esters is 1. The number of urea groups is 1. The van der Waals surface area contributed by atoms with Crippen molar-refractivity contribution in [2.75, 3.05) is 58.2 Å². The minimum atomic E-state index is -1.92. The predicted molar refractivity (Wildman–Crippen MR) is 328 cm³/mol. The highest BCUT2D eigenvalue weighted by Crippen LogP contribution is 2.49. The number of ether oxygens (including phenoxy) is 5. The Labute approximate surface area is 521 Å². The second kappa shape index (κ2) is 30.2. The van der Waals surface area contributed by atoms with Crippen LogP contribution in [0.3, 0.4) is 0 Å². The van der Waals surface area contributed by atoms with Crippen LogP contribution in [0.1, 0.15) is 96.0 Å². The van der Waals surface area contributed by atoms with E-state index in [0.29, 0.717) is 43.8 Å². The number of anilines is 2. The Morgan fingerprint density at radius 3 is 2.36 bits per heavy atom. The molecule has 4 aliphatic heterocycles. The Bertz CT molecular complexity index is 3020. The van der Waals surface area contributed by atoms with Gasteiger partial charge in [0.05, 0.1) is 35.9 Å². The van der Waals surface area contributed by atoms with Gasteiger partial charge in [-0.25, -0.2) is 14.4 Å². The van der Waals surface area contributed by atoms with Gasteiger partial charge in [-0.1, -0.05) is 67.8 Å². The number of halogens is 2. The molecule has 4 aliphatic rings. The third kappa shape index (κ3) is 17.6. The summed E-state index contributed by atoms with van der Waals surface area (Å²) >= 11 is 19.1. The number of thiocarbonyl (C=S) groups is 1. The van der Waals surface area contributed by atoms with Crippen LogP contribution in [-0.4, -0.2) is 181 Å². The Kier molecular flexibility index (Phi) is 24.0. The zero-order valence-electron chi connectivity index (χ0n) is 50.4.